The standard InChI is InChI=1S/C12H14N2O2/c15-11-7-6-10(12(16)14-11)13-8-9-4-2-1-3-5-9/h1-5,10,13H,6-8H2,(H,14,15,16)/t10-/m1/s1. The van der Waals surface area contributed by atoms with Crippen LogP contribution in [-0.2, 0) is 16.1 Å². The molecule has 2 rings (SSSR count). The molecule has 1 aliphatic heterocycles. The second kappa shape index (κ2) is 4.90. The molecule has 1 fully saturated rings. The molecule has 0 unspecified atom stereocenters. The summed E-state index contributed by atoms with van der Waals surface area (Å²) in [5.41, 5.74) is 1.13. The van der Waals surface area contributed by atoms with Crippen molar-refractivity contribution in [2.24, 2.45) is 0 Å². The van der Waals surface area contributed by atoms with Crippen molar-refractivity contribution in [2.45, 2.75) is 25.4 Å². The van der Waals surface area contributed by atoms with E-state index in [0.29, 0.717) is 19.4 Å². The molecule has 4 heteroatoms. The van der Waals surface area contributed by atoms with Gasteiger partial charge in [-0.3, -0.25) is 14.9 Å². The largest absolute Gasteiger partial charge is 0.302 e. The van der Waals surface area contributed by atoms with Gasteiger partial charge in [0.2, 0.25) is 11.8 Å². The third-order valence-electron chi connectivity index (χ3n) is 2.63. The van der Waals surface area contributed by atoms with E-state index in [1.165, 1.54) is 0 Å². The van der Waals surface area contributed by atoms with Gasteiger partial charge in [0.1, 0.15) is 0 Å². The van der Waals surface area contributed by atoms with Gasteiger partial charge in [-0.1, -0.05) is 30.3 Å². The highest BCUT2D eigenvalue weighted by Crippen LogP contribution is 2.06. The maximum Gasteiger partial charge on any atom is 0.243 e. The predicted molar refractivity (Wildman–Crippen MR) is 59.5 cm³/mol. The molecule has 1 aromatic rings. The van der Waals surface area contributed by atoms with Crippen molar-refractivity contribution in [3.63, 3.8) is 0 Å². The molecule has 4 nitrogen and oxygen atoms in total. The Morgan fingerprint density at radius 1 is 1.25 bits per heavy atom. The number of rotatable bonds is 3. The molecule has 2 N–H and O–H groups in total. The molecule has 1 aliphatic rings. The van der Waals surface area contributed by atoms with Crippen molar-refractivity contribution in [3.8, 4) is 0 Å². The minimum Gasteiger partial charge on any atom is -0.302 e. The first-order valence-electron chi connectivity index (χ1n) is 5.37. The van der Waals surface area contributed by atoms with Gasteiger partial charge in [-0.15, -0.1) is 0 Å². The van der Waals surface area contributed by atoms with E-state index in [9.17, 15) is 9.59 Å². The number of hydrogen-bond acceptors (Lipinski definition) is 3. The van der Waals surface area contributed by atoms with E-state index in [4.69, 9.17) is 0 Å². The van der Waals surface area contributed by atoms with Crippen LogP contribution in [0.15, 0.2) is 30.3 Å². The van der Waals surface area contributed by atoms with Crippen LogP contribution in [0.5, 0.6) is 0 Å². The van der Waals surface area contributed by atoms with Crippen molar-refractivity contribution in [3.05, 3.63) is 35.9 Å². The Morgan fingerprint density at radius 2 is 2.00 bits per heavy atom. The normalized spacial score (nSPS) is 20.6. The first-order chi connectivity index (χ1) is 7.75. The molecule has 1 saturated heterocycles. The summed E-state index contributed by atoms with van der Waals surface area (Å²) in [5, 5.41) is 5.47. The number of imide groups is 1. The van der Waals surface area contributed by atoms with Crippen LogP contribution in [0.25, 0.3) is 0 Å². The van der Waals surface area contributed by atoms with E-state index < -0.39 is 0 Å². The summed E-state index contributed by atoms with van der Waals surface area (Å²) in [6.07, 6.45) is 0.996. The Morgan fingerprint density at radius 3 is 2.69 bits per heavy atom. The molecule has 1 heterocycles. The van der Waals surface area contributed by atoms with Gasteiger partial charge in [0.25, 0.3) is 0 Å². The van der Waals surface area contributed by atoms with Crippen molar-refractivity contribution < 1.29 is 9.59 Å². The Balaban J connectivity index is 1.87. The van der Waals surface area contributed by atoms with Crippen molar-refractivity contribution in [1.29, 1.82) is 0 Å². The SMILES string of the molecule is O=C1CC[C@@H](NCc2ccccc2)C(=O)N1. The number of piperidine rings is 1. The highest BCUT2D eigenvalue weighted by molar-refractivity contribution is 6.00. The maximum atomic E-state index is 11.4. The van der Waals surface area contributed by atoms with Crippen LogP contribution in [0.4, 0.5) is 0 Å². The maximum absolute atomic E-state index is 11.4. The highest BCUT2D eigenvalue weighted by atomic mass is 16.2. The topological polar surface area (TPSA) is 58.2 Å². The van der Waals surface area contributed by atoms with Crippen LogP contribution in [0.3, 0.4) is 0 Å². The quantitative estimate of drug-likeness (QED) is 0.730. The first-order valence-corrected chi connectivity index (χ1v) is 5.37. The second-order valence-corrected chi connectivity index (χ2v) is 3.87. The van der Waals surface area contributed by atoms with Crippen LogP contribution in [0.1, 0.15) is 18.4 Å². The van der Waals surface area contributed by atoms with Crippen LogP contribution in [0.2, 0.25) is 0 Å². The average Bonchev–Trinajstić information content (AvgIpc) is 2.29. The summed E-state index contributed by atoms with van der Waals surface area (Å²) >= 11 is 0. The zero-order valence-electron chi connectivity index (χ0n) is 8.90. The number of benzene rings is 1. The second-order valence-electron chi connectivity index (χ2n) is 3.87. The third kappa shape index (κ3) is 2.67. The van der Waals surface area contributed by atoms with Gasteiger partial charge in [-0.25, -0.2) is 0 Å². The summed E-state index contributed by atoms with van der Waals surface area (Å²) in [6, 6.07) is 9.62. The Labute approximate surface area is 94.0 Å². The number of carbonyl (C=O) groups is 2. The number of carbonyl (C=O) groups excluding carboxylic acids is 2. The van der Waals surface area contributed by atoms with Crippen LogP contribution in [-0.4, -0.2) is 17.9 Å². The molecule has 0 saturated carbocycles. The zero-order valence-corrected chi connectivity index (χ0v) is 8.90. The molecule has 0 radical (unpaired) electrons. The molecular weight excluding hydrogens is 204 g/mol. The lowest BCUT2D eigenvalue weighted by Crippen LogP contribution is -2.50. The van der Waals surface area contributed by atoms with Gasteiger partial charge in [0, 0.05) is 13.0 Å². The Bertz CT molecular complexity index is 389. The molecule has 2 amide bonds. The van der Waals surface area contributed by atoms with E-state index in [-0.39, 0.29) is 17.9 Å². The Kier molecular flexibility index (Phi) is 3.31. The summed E-state index contributed by atoms with van der Waals surface area (Å²) in [5.74, 6) is -0.394. The van der Waals surface area contributed by atoms with Gasteiger partial charge in [-0.2, -0.15) is 0 Å². The minimum atomic E-state index is -0.252. The fourth-order valence-electron chi connectivity index (χ4n) is 1.73. The van der Waals surface area contributed by atoms with Crippen molar-refractivity contribution in [2.75, 3.05) is 0 Å². The number of amides is 2. The number of hydrogen-bond donors (Lipinski definition) is 2. The lowest BCUT2D eigenvalue weighted by molar-refractivity contribution is -0.134. The van der Waals surface area contributed by atoms with E-state index in [2.05, 4.69) is 10.6 Å². The third-order valence-corrected chi connectivity index (χ3v) is 2.63. The molecule has 0 aliphatic carbocycles. The molecule has 1 atom stereocenters. The van der Waals surface area contributed by atoms with Gasteiger partial charge < -0.3 is 5.32 Å². The van der Waals surface area contributed by atoms with E-state index in [0.717, 1.165) is 5.56 Å². The first kappa shape index (κ1) is 10.8. The molecule has 0 aromatic heterocycles. The van der Waals surface area contributed by atoms with Crippen LogP contribution in [0, 0.1) is 0 Å². The zero-order chi connectivity index (χ0) is 11.4. The molecule has 1 aromatic carbocycles. The summed E-state index contributed by atoms with van der Waals surface area (Å²) in [6.45, 7) is 0.646. The minimum absolute atomic E-state index is 0.178. The summed E-state index contributed by atoms with van der Waals surface area (Å²) < 4.78 is 0. The molecule has 84 valence electrons. The molecular formula is C12H14N2O2. The van der Waals surface area contributed by atoms with Gasteiger partial charge in [0.15, 0.2) is 0 Å². The van der Waals surface area contributed by atoms with E-state index in [1.807, 2.05) is 30.3 Å². The monoisotopic (exact) mass is 218 g/mol. The van der Waals surface area contributed by atoms with Crippen molar-refractivity contribution >= 4 is 11.8 Å². The lowest BCUT2D eigenvalue weighted by Gasteiger charge is -2.21. The average molecular weight is 218 g/mol. The van der Waals surface area contributed by atoms with Crippen LogP contribution < -0.4 is 10.6 Å². The summed E-state index contributed by atoms with van der Waals surface area (Å²) in [7, 11) is 0. The van der Waals surface area contributed by atoms with Gasteiger partial charge in [0.05, 0.1) is 6.04 Å². The molecule has 16 heavy (non-hydrogen) atoms. The Hall–Kier alpha value is -1.68. The van der Waals surface area contributed by atoms with Crippen molar-refractivity contribution in [1.82, 2.24) is 10.6 Å². The molecule has 0 bridgehead atoms. The lowest BCUT2D eigenvalue weighted by atomic mass is 10.1. The highest BCUT2D eigenvalue weighted by Gasteiger charge is 2.25. The van der Waals surface area contributed by atoms with Gasteiger partial charge in [-0.05, 0) is 12.0 Å². The molecule has 0 spiro atoms. The number of nitrogens with one attached hydrogen (secondary N) is 2. The van der Waals surface area contributed by atoms with E-state index in [1.54, 1.807) is 0 Å². The van der Waals surface area contributed by atoms with Gasteiger partial charge >= 0.3 is 0 Å². The van der Waals surface area contributed by atoms with Crippen LogP contribution >= 0.6 is 0 Å². The fourth-order valence-corrected chi connectivity index (χ4v) is 1.73. The van der Waals surface area contributed by atoms with E-state index >= 15 is 0 Å². The smallest absolute Gasteiger partial charge is 0.243 e. The summed E-state index contributed by atoms with van der Waals surface area (Å²) in [4.78, 5) is 22.4. The predicted octanol–water partition coefficient (Wildman–Crippen LogP) is 0.581. The fraction of sp³-hybridized carbons (Fsp3) is 0.333.